The maximum atomic E-state index is 10.6. The molecule has 0 bridgehead atoms. The summed E-state index contributed by atoms with van der Waals surface area (Å²) >= 11 is 0. The lowest BCUT2D eigenvalue weighted by atomic mass is 9.75. The van der Waals surface area contributed by atoms with E-state index in [4.69, 9.17) is 0 Å². The van der Waals surface area contributed by atoms with Crippen LogP contribution in [0.3, 0.4) is 0 Å². The molecule has 0 radical (unpaired) electrons. The second kappa shape index (κ2) is 8.72. The fourth-order valence-electron chi connectivity index (χ4n) is 4.10. The van der Waals surface area contributed by atoms with E-state index in [-0.39, 0.29) is 17.3 Å². The maximum absolute atomic E-state index is 10.6. The highest BCUT2D eigenvalue weighted by Crippen LogP contribution is 2.41. The quantitative estimate of drug-likeness (QED) is 0.651. The molecule has 1 saturated carbocycles. The van der Waals surface area contributed by atoms with Crippen molar-refractivity contribution in [2.75, 3.05) is 0 Å². The molecule has 0 saturated heterocycles. The zero-order valence-corrected chi connectivity index (χ0v) is 16.0. The number of aliphatic hydroxyl groups excluding tert-OH is 1. The first-order valence-corrected chi connectivity index (χ1v) is 9.78. The third-order valence-corrected chi connectivity index (χ3v) is 5.77. The first kappa shape index (κ1) is 19.8. The molecule has 2 N–H and O–H groups in total. The van der Waals surface area contributed by atoms with Crippen molar-refractivity contribution in [3.05, 3.63) is 29.3 Å². The van der Waals surface area contributed by atoms with E-state index in [9.17, 15) is 15.5 Å². The van der Waals surface area contributed by atoms with Crippen molar-refractivity contribution in [3.63, 3.8) is 0 Å². The summed E-state index contributed by atoms with van der Waals surface area (Å²) in [5.41, 5.74) is 2.09. The number of aliphatic hydroxyl groups is 1. The van der Waals surface area contributed by atoms with E-state index < -0.39 is 6.10 Å². The minimum atomic E-state index is -0.447. The van der Waals surface area contributed by atoms with Gasteiger partial charge >= 0.3 is 0 Å². The molecule has 138 valence electrons. The largest absolute Gasteiger partial charge is 0.508 e. The molecule has 1 fully saturated rings. The summed E-state index contributed by atoms with van der Waals surface area (Å²) in [5.74, 6) is 0.257. The molecule has 3 nitrogen and oxygen atoms in total. The molecule has 3 atom stereocenters. The Bertz CT molecular complexity index is 603. The second-order valence-corrected chi connectivity index (χ2v) is 8.35. The minimum absolute atomic E-state index is 0.0466. The standard InChI is InChI=1S/C22H33NO2/c1-4-5-6-7-10-22(2,3)18-8-9-20(21(25)14-18)17-11-16(15-23)12-19(24)13-17/h8-9,14,16-17,19,24-25H,4-7,10-13H2,1-3H3/t16-,17+,19-/m1/s1. The highest BCUT2D eigenvalue weighted by Gasteiger charge is 2.31. The SMILES string of the molecule is CCCCCCC(C)(C)c1ccc([C@@H]2C[C@H](O)C[C@H](C#N)C2)c(O)c1. The van der Waals surface area contributed by atoms with Crippen LogP contribution in [0, 0.1) is 17.2 Å². The number of aromatic hydroxyl groups is 1. The third kappa shape index (κ3) is 5.22. The van der Waals surface area contributed by atoms with Gasteiger partial charge in [-0.25, -0.2) is 0 Å². The molecule has 0 amide bonds. The van der Waals surface area contributed by atoms with Crippen LogP contribution in [0.5, 0.6) is 5.75 Å². The number of rotatable bonds is 7. The lowest BCUT2D eigenvalue weighted by Crippen LogP contribution is -2.24. The van der Waals surface area contributed by atoms with Crippen LogP contribution in [-0.4, -0.2) is 16.3 Å². The highest BCUT2D eigenvalue weighted by molar-refractivity contribution is 5.41. The maximum Gasteiger partial charge on any atom is 0.119 e. The Balaban J connectivity index is 2.10. The van der Waals surface area contributed by atoms with Gasteiger partial charge in [0.1, 0.15) is 5.75 Å². The van der Waals surface area contributed by atoms with Gasteiger partial charge in [0, 0.05) is 5.92 Å². The number of hydrogen-bond acceptors (Lipinski definition) is 3. The number of benzene rings is 1. The summed E-state index contributed by atoms with van der Waals surface area (Å²) < 4.78 is 0. The van der Waals surface area contributed by atoms with Crippen LogP contribution < -0.4 is 0 Å². The number of nitrogens with zero attached hydrogens (tertiary/aromatic N) is 1. The number of unbranched alkanes of at least 4 members (excludes halogenated alkanes) is 3. The molecule has 0 aromatic heterocycles. The fraction of sp³-hybridized carbons (Fsp3) is 0.682. The molecule has 0 spiro atoms. The predicted molar refractivity (Wildman–Crippen MR) is 102 cm³/mol. The van der Waals surface area contributed by atoms with Crippen molar-refractivity contribution < 1.29 is 10.2 Å². The Morgan fingerprint density at radius 2 is 1.92 bits per heavy atom. The van der Waals surface area contributed by atoms with Gasteiger partial charge in [0.2, 0.25) is 0 Å². The van der Waals surface area contributed by atoms with Crippen LogP contribution in [0.2, 0.25) is 0 Å². The van der Waals surface area contributed by atoms with E-state index in [1.807, 2.05) is 12.1 Å². The van der Waals surface area contributed by atoms with Crippen LogP contribution in [0.1, 0.15) is 89.2 Å². The number of nitriles is 1. The van der Waals surface area contributed by atoms with E-state index in [1.54, 1.807) is 0 Å². The Morgan fingerprint density at radius 1 is 1.16 bits per heavy atom. The lowest BCUT2D eigenvalue weighted by molar-refractivity contribution is 0.103. The van der Waals surface area contributed by atoms with Crippen LogP contribution in [0.25, 0.3) is 0 Å². The Hall–Kier alpha value is -1.53. The molecule has 1 aromatic rings. The van der Waals surface area contributed by atoms with E-state index in [0.29, 0.717) is 18.6 Å². The van der Waals surface area contributed by atoms with Crippen molar-refractivity contribution in [2.45, 2.75) is 89.6 Å². The van der Waals surface area contributed by atoms with Gasteiger partial charge in [-0.05, 0) is 54.2 Å². The molecule has 0 heterocycles. The van der Waals surface area contributed by atoms with Gasteiger partial charge in [-0.3, -0.25) is 0 Å². The molecule has 1 aromatic carbocycles. The molecule has 1 aliphatic carbocycles. The Morgan fingerprint density at radius 3 is 2.56 bits per heavy atom. The molecule has 1 aliphatic rings. The normalized spacial score (nSPS) is 24.0. The van der Waals surface area contributed by atoms with Crippen molar-refractivity contribution in [1.82, 2.24) is 0 Å². The van der Waals surface area contributed by atoms with Gasteiger partial charge in [-0.1, -0.05) is 58.6 Å². The van der Waals surface area contributed by atoms with Crippen molar-refractivity contribution in [1.29, 1.82) is 5.26 Å². The molecule has 0 unspecified atom stereocenters. The first-order chi connectivity index (χ1) is 11.9. The smallest absolute Gasteiger partial charge is 0.119 e. The predicted octanol–water partition coefficient (Wildman–Crippen LogP) is 5.41. The highest BCUT2D eigenvalue weighted by atomic mass is 16.3. The Labute approximate surface area is 152 Å². The summed E-state index contributed by atoms with van der Waals surface area (Å²) in [6.07, 6.45) is 7.57. The average Bonchev–Trinajstić information content (AvgIpc) is 2.58. The van der Waals surface area contributed by atoms with E-state index in [2.05, 4.69) is 32.9 Å². The lowest BCUT2D eigenvalue weighted by Gasteiger charge is -2.31. The fourth-order valence-corrected chi connectivity index (χ4v) is 4.10. The summed E-state index contributed by atoms with van der Waals surface area (Å²) in [6.45, 7) is 6.70. The van der Waals surface area contributed by atoms with E-state index in [1.165, 1.54) is 31.2 Å². The van der Waals surface area contributed by atoms with Gasteiger partial charge in [-0.15, -0.1) is 0 Å². The van der Waals surface area contributed by atoms with Crippen LogP contribution in [0.4, 0.5) is 0 Å². The van der Waals surface area contributed by atoms with Crippen molar-refractivity contribution >= 4 is 0 Å². The average molecular weight is 344 g/mol. The summed E-state index contributed by atoms with van der Waals surface area (Å²) in [5, 5.41) is 29.8. The molecular formula is C22H33NO2. The Kier molecular flexibility index (Phi) is 6.90. The number of phenolic OH excluding ortho intramolecular Hbond substituents is 1. The molecule has 25 heavy (non-hydrogen) atoms. The van der Waals surface area contributed by atoms with Crippen LogP contribution in [-0.2, 0) is 5.41 Å². The second-order valence-electron chi connectivity index (χ2n) is 8.35. The monoisotopic (exact) mass is 343 g/mol. The van der Waals surface area contributed by atoms with Crippen molar-refractivity contribution in [3.8, 4) is 11.8 Å². The van der Waals surface area contributed by atoms with Crippen LogP contribution >= 0.6 is 0 Å². The molecule has 3 heteroatoms. The molecular weight excluding hydrogens is 310 g/mol. The topological polar surface area (TPSA) is 64.2 Å². The van der Waals surface area contributed by atoms with E-state index in [0.717, 1.165) is 18.4 Å². The number of hydrogen-bond donors (Lipinski definition) is 2. The van der Waals surface area contributed by atoms with Gasteiger partial charge in [0.25, 0.3) is 0 Å². The minimum Gasteiger partial charge on any atom is -0.508 e. The molecule has 2 rings (SSSR count). The molecule has 0 aliphatic heterocycles. The zero-order valence-electron chi connectivity index (χ0n) is 16.0. The van der Waals surface area contributed by atoms with Crippen molar-refractivity contribution in [2.24, 2.45) is 5.92 Å². The zero-order chi connectivity index (χ0) is 18.4. The van der Waals surface area contributed by atoms with Gasteiger partial charge in [-0.2, -0.15) is 5.26 Å². The van der Waals surface area contributed by atoms with Gasteiger partial charge in [0.15, 0.2) is 0 Å². The first-order valence-electron chi connectivity index (χ1n) is 9.78. The summed E-state index contributed by atoms with van der Waals surface area (Å²) in [7, 11) is 0. The number of phenols is 1. The van der Waals surface area contributed by atoms with Gasteiger partial charge in [0.05, 0.1) is 12.2 Å². The summed E-state index contributed by atoms with van der Waals surface area (Å²) in [6, 6.07) is 8.31. The van der Waals surface area contributed by atoms with Gasteiger partial charge < -0.3 is 10.2 Å². The van der Waals surface area contributed by atoms with Crippen LogP contribution in [0.15, 0.2) is 18.2 Å². The summed E-state index contributed by atoms with van der Waals surface area (Å²) in [4.78, 5) is 0. The van der Waals surface area contributed by atoms with E-state index >= 15 is 0 Å². The third-order valence-electron chi connectivity index (χ3n) is 5.77.